The number of carbonyl (C=O) groups is 2. The van der Waals surface area contributed by atoms with Gasteiger partial charge in [0.05, 0.1) is 5.56 Å². The largest absolute Gasteiger partial charge is 0.416 e. The van der Waals surface area contributed by atoms with Crippen molar-refractivity contribution in [2.24, 2.45) is 0 Å². The molecule has 2 atom stereocenters. The molecule has 0 bridgehead atoms. The van der Waals surface area contributed by atoms with Gasteiger partial charge in [-0.05, 0) is 50.9 Å². The lowest BCUT2D eigenvalue weighted by Crippen LogP contribution is -2.46. The number of amides is 2. The average molecular weight is 406 g/mol. The lowest BCUT2D eigenvalue weighted by atomic mass is 10.00. The van der Waals surface area contributed by atoms with Gasteiger partial charge in [-0.2, -0.15) is 13.2 Å². The number of piperidine rings is 1. The van der Waals surface area contributed by atoms with E-state index in [9.17, 15) is 22.8 Å². The van der Waals surface area contributed by atoms with Crippen LogP contribution >= 0.6 is 12.4 Å². The standard InChI is InChI=1S/C18H22F3N3O2.ClH/c1-11-7-14(4-5-22-11)23-17(26)12-8-13(18(19,20)21)10-15(9-12)24-6-2-3-16(24)25;/h8-11,14,22H,2-7H2,1H3,(H,23,26);1H. The van der Waals surface area contributed by atoms with Crippen molar-refractivity contribution >= 4 is 29.9 Å². The Morgan fingerprint density at radius 1 is 1.30 bits per heavy atom. The van der Waals surface area contributed by atoms with E-state index >= 15 is 0 Å². The molecule has 3 rings (SSSR count). The zero-order valence-corrected chi connectivity index (χ0v) is 15.8. The molecule has 0 saturated carbocycles. The molecule has 0 radical (unpaired) electrons. The topological polar surface area (TPSA) is 61.4 Å². The molecule has 2 amide bonds. The van der Waals surface area contributed by atoms with E-state index in [1.54, 1.807) is 0 Å². The highest BCUT2D eigenvalue weighted by Crippen LogP contribution is 2.34. The molecule has 0 aromatic heterocycles. The summed E-state index contributed by atoms with van der Waals surface area (Å²) in [5, 5.41) is 6.08. The average Bonchev–Trinajstić information content (AvgIpc) is 2.99. The second kappa shape index (κ2) is 8.48. The molecule has 150 valence electrons. The van der Waals surface area contributed by atoms with Gasteiger partial charge in [0.15, 0.2) is 0 Å². The molecule has 2 saturated heterocycles. The van der Waals surface area contributed by atoms with Gasteiger partial charge in [0.25, 0.3) is 5.91 Å². The second-order valence-electron chi connectivity index (χ2n) is 6.97. The molecule has 2 N–H and O–H groups in total. The predicted molar refractivity (Wildman–Crippen MR) is 98.2 cm³/mol. The summed E-state index contributed by atoms with van der Waals surface area (Å²) in [7, 11) is 0. The normalized spacial score (nSPS) is 23.1. The molecule has 0 aliphatic carbocycles. The van der Waals surface area contributed by atoms with Crippen LogP contribution < -0.4 is 15.5 Å². The number of nitrogens with zero attached hydrogens (tertiary/aromatic N) is 1. The van der Waals surface area contributed by atoms with E-state index < -0.39 is 17.6 Å². The summed E-state index contributed by atoms with van der Waals surface area (Å²) in [5.41, 5.74) is -0.856. The van der Waals surface area contributed by atoms with Crippen molar-refractivity contribution in [1.82, 2.24) is 10.6 Å². The molecule has 1 aromatic rings. The van der Waals surface area contributed by atoms with Crippen molar-refractivity contribution in [2.45, 2.75) is 50.9 Å². The van der Waals surface area contributed by atoms with Gasteiger partial charge in [0, 0.05) is 36.3 Å². The van der Waals surface area contributed by atoms with Crippen LogP contribution in [0.1, 0.15) is 48.5 Å². The van der Waals surface area contributed by atoms with Crippen molar-refractivity contribution in [3.63, 3.8) is 0 Å². The number of hydrogen-bond donors (Lipinski definition) is 2. The van der Waals surface area contributed by atoms with Gasteiger partial charge in [0.2, 0.25) is 5.91 Å². The Bertz CT molecular complexity index is 712. The highest BCUT2D eigenvalue weighted by Gasteiger charge is 2.34. The molecule has 2 fully saturated rings. The first-order valence-electron chi connectivity index (χ1n) is 8.81. The first-order valence-corrected chi connectivity index (χ1v) is 8.81. The highest BCUT2D eigenvalue weighted by atomic mass is 35.5. The predicted octanol–water partition coefficient (Wildman–Crippen LogP) is 3.12. The van der Waals surface area contributed by atoms with Crippen molar-refractivity contribution in [3.8, 4) is 0 Å². The Balaban J connectivity index is 0.00000261. The van der Waals surface area contributed by atoms with Crippen LogP contribution in [-0.2, 0) is 11.0 Å². The van der Waals surface area contributed by atoms with Crippen LogP contribution in [0.25, 0.3) is 0 Å². The number of benzene rings is 1. The molecular formula is C18H23ClF3N3O2. The van der Waals surface area contributed by atoms with E-state index in [0.29, 0.717) is 19.4 Å². The molecule has 2 aliphatic heterocycles. The third-order valence-corrected chi connectivity index (χ3v) is 4.85. The van der Waals surface area contributed by atoms with Crippen molar-refractivity contribution in [3.05, 3.63) is 29.3 Å². The Labute approximate surface area is 162 Å². The molecule has 1 aromatic carbocycles. The molecular weight excluding hydrogens is 383 g/mol. The zero-order chi connectivity index (χ0) is 18.9. The Morgan fingerprint density at radius 3 is 2.63 bits per heavy atom. The van der Waals surface area contributed by atoms with E-state index in [0.717, 1.165) is 31.5 Å². The molecule has 9 heteroatoms. The summed E-state index contributed by atoms with van der Waals surface area (Å²) in [5.74, 6) is -0.758. The molecule has 2 aliphatic rings. The van der Waals surface area contributed by atoms with Crippen molar-refractivity contribution < 1.29 is 22.8 Å². The summed E-state index contributed by atoms with van der Waals surface area (Å²) >= 11 is 0. The van der Waals surface area contributed by atoms with Crippen LogP contribution in [0.5, 0.6) is 0 Å². The van der Waals surface area contributed by atoms with Gasteiger partial charge >= 0.3 is 6.18 Å². The van der Waals surface area contributed by atoms with E-state index in [-0.39, 0.29) is 41.6 Å². The molecule has 2 unspecified atom stereocenters. The van der Waals surface area contributed by atoms with Gasteiger partial charge in [-0.25, -0.2) is 0 Å². The fourth-order valence-corrected chi connectivity index (χ4v) is 3.51. The quantitative estimate of drug-likeness (QED) is 0.812. The van der Waals surface area contributed by atoms with E-state index in [2.05, 4.69) is 10.6 Å². The number of nitrogens with one attached hydrogen (secondary N) is 2. The summed E-state index contributed by atoms with van der Waals surface area (Å²) in [4.78, 5) is 25.8. The van der Waals surface area contributed by atoms with Gasteiger partial charge < -0.3 is 15.5 Å². The monoisotopic (exact) mass is 405 g/mol. The van der Waals surface area contributed by atoms with Crippen LogP contribution in [0, 0.1) is 0 Å². The minimum atomic E-state index is -4.59. The molecule has 0 spiro atoms. The number of rotatable bonds is 3. The van der Waals surface area contributed by atoms with Gasteiger partial charge in [-0.1, -0.05) is 0 Å². The lowest BCUT2D eigenvalue weighted by Gasteiger charge is -2.29. The van der Waals surface area contributed by atoms with E-state index in [1.165, 1.54) is 11.0 Å². The van der Waals surface area contributed by atoms with Crippen LogP contribution in [0.3, 0.4) is 0 Å². The van der Waals surface area contributed by atoms with Crippen molar-refractivity contribution in [2.75, 3.05) is 18.0 Å². The number of carbonyl (C=O) groups excluding carboxylic acids is 2. The van der Waals surface area contributed by atoms with Gasteiger partial charge in [0.1, 0.15) is 0 Å². The minimum absolute atomic E-state index is 0. The number of alkyl halides is 3. The number of halogens is 4. The maximum Gasteiger partial charge on any atom is 0.416 e. The molecule has 27 heavy (non-hydrogen) atoms. The maximum absolute atomic E-state index is 13.3. The lowest BCUT2D eigenvalue weighted by molar-refractivity contribution is -0.137. The smallest absolute Gasteiger partial charge is 0.349 e. The summed E-state index contributed by atoms with van der Waals surface area (Å²) in [6.07, 6.45) is -2.22. The SMILES string of the molecule is CC1CC(NC(=O)c2cc(N3CCCC3=O)cc(C(F)(F)F)c2)CCN1.Cl. The third kappa shape index (κ3) is 5.13. The fraction of sp³-hybridized carbons (Fsp3) is 0.556. The minimum Gasteiger partial charge on any atom is -0.349 e. The van der Waals surface area contributed by atoms with Crippen molar-refractivity contribution in [1.29, 1.82) is 0 Å². The van der Waals surface area contributed by atoms with E-state index in [1.807, 2.05) is 6.92 Å². The Hall–Kier alpha value is -1.80. The van der Waals surface area contributed by atoms with Gasteiger partial charge in [-0.3, -0.25) is 9.59 Å². The van der Waals surface area contributed by atoms with Crippen LogP contribution in [0.15, 0.2) is 18.2 Å². The molecule has 2 heterocycles. The number of anilines is 1. The number of hydrogen-bond acceptors (Lipinski definition) is 3. The summed E-state index contributed by atoms with van der Waals surface area (Å²) in [6, 6.07) is 3.33. The van der Waals surface area contributed by atoms with E-state index in [4.69, 9.17) is 0 Å². The van der Waals surface area contributed by atoms with Crippen LogP contribution in [0.4, 0.5) is 18.9 Å². The first-order chi connectivity index (χ1) is 12.2. The Morgan fingerprint density at radius 2 is 2.04 bits per heavy atom. The van der Waals surface area contributed by atoms with Crippen LogP contribution in [0.2, 0.25) is 0 Å². The molecule has 5 nitrogen and oxygen atoms in total. The van der Waals surface area contributed by atoms with Crippen LogP contribution in [-0.4, -0.2) is 37.0 Å². The Kier molecular flexibility index (Phi) is 6.75. The third-order valence-electron chi connectivity index (χ3n) is 4.85. The fourth-order valence-electron chi connectivity index (χ4n) is 3.51. The second-order valence-corrected chi connectivity index (χ2v) is 6.97. The maximum atomic E-state index is 13.3. The summed E-state index contributed by atoms with van der Waals surface area (Å²) in [6.45, 7) is 3.12. The highest BCUT2D eigenvalue weighted by molar-refractivity contribution is 5.99. The first kappa shape index (κ1) is 21.5. The summed E-state index contributed by atoms with van der Waals surface area (Å²) < 4.78 is 39.8. The zero-order valence-electron chi connectivity index (χ0n) is 14.9. The van der Waals surface area contributed by atoms with Gasteiger partial charge in [-0.15, -0.1) is 12.4 Å².